The molecule has 0 saturated carbocycles. The molecule has 90 valence electrons. The van der Waals surface area contributed by atoms with Gasteiger partial charge in [0.15, 0.2) is 5.78 Å². The van der Waals surface area contributed by atoms with E-state index in [1.807, 2.05) is 0 Å². The van der Waals surface area contributed by atoms with Gasteiger partial charge in [-0.1, -0.05) is 24.3 Å². The average Bonchev–Trinajstić information content (AvgIpc) is 2.34. The molecule has 3 nitrogen and oxygen atoms in total. The highest BCUT2D eigenvalue weighted by Gasteiger charge is 2.09. The molecule has 0 aromatic heterocycles. The summed E-state index contributed by atoms with van der Waals surface area (Å²) in [6, 6.07) is 6.56. The number of benzene rings is 1. The topological polar surface area (TPSA) is 43.4 Å². The van der Waals surface area contributed by atoms with Crippen LogP contribution in [0, 0.1) is 0 Å². The molecule has 0 radical (unpaired) electrons. The third kappa shape index (κ3) is 4.83. The number of ether oxygens (including phenoxy) is 1. The minimum absolute atomic E-state index is 0.0787. The maximum Gasteiger partial charge on any atom is 0.306 e. The second-order valence-corrected chi connectivity index (χ2v) is 3.84. The number of hydrogen-bond donors (Lipinski definition) is 0. The number of carbonyl (C=O) groups excluding carboxylic acids is 2. The van der Waals surface area contributed by atoms with Crippen molar-refractivity contribution in [3.05, 3.63) is 47.5 Å². The lowest BCUT2D eigenvalue weighted by Gasteiger charge is -2.02. The van der Waals surface area contributed by atoms with Gasteiger partial charge in [0.25, 0.3) is 0 Å². The molecule has 0 heterocycles. The van der Waals surface area contributed by atoms with Gasteiger partial charge < -0.3 is 4.74 Å². The summed E-state index contributed by atoms with van der Waals surface area (Å²) in [5.41, 5.74) is 0.547. The molecule has 1 rings (SSSR count). The van der Waals surface area contributed by atoms with Crippen molar-refractivity contribution in [3.63, 3.8) is 0 Å². The van der Waals surface area contributed by atoms with Crippen molar-refractivity contribution in [1.82, 2.24) is 0 Å². The van der Waals surface area contributed by atoms with Crippen molar-refractivity contribution in [2.24, 2.45) is 0 Å². The average molecular weight is 253 g/mol. The molecule has 0 spiro atoms. The van der Waals surface area contributed by atoms with Gasteiger partial charge in [0.1, 0.15) is 6.61 Å². The standard InChI is InChI=1S/C13H13ClO3/c1-2-9-17-13(16)8-7-12(15)10-3-5-11(14)6-4-10/h2-6H,1,7-9H2. The molecule has 0 aliphatic rings. The summed E-state index contributed by atoms with van der Waals surface area (Å²) < 4.78 is 4.77. The molecule has 1 aromatic carbocycles. The van der Waals surface area contributed by atoms with Crippen LogP contribution >= 0.6 is 11.6 Å². The van der Waals surface area contributed by atoms with Crippen molar-refractivity contribution in [2.75, 3.05) is 6.61 Å². The Labute approximate surface area is 105 Å². The highest BCUT2D eigenvalue weighted by Crippen LogP contribution is 2.12. The van der Waals surface area contributed by atoms with Gasteiger partial charge >= 0.3 is 5.97 Å². The van der Waals surface area contributed by atoms with E-state index >= 15 is 0 Å². The van der Waals surface area contributed by atoms with E-state index in [9.17, 15) is 9.59 Å². The first-order valence-corrected chi connectivity index (χ1v) is 5.56. The third-order valence-electron chi connectivity index (χ3n) is 2.08. The maximum atomic E-state index is 11.7. The summed E-state index contributed by atoms with van der Waals surface area (Å²) in [7, 11) is 0. The molecule has 0 amide bonds. The monoisotopic (exact) mass is 252 g/mol. The summed E-state index contributed by atoms with van der Waals surface area (Å²) in [6.45, 7) is 3.60. The van der Waals surface area contributed by atoms with Crippen LogP contribution in [0.3, 0.4) is 0 Å². The number of rotatable bonds is 6. The highest BCUT2D eigenvalue weighted by atomic mass is 35.5. The number of carbonyl (C=O) groups is 2. The van der Waals surface area contributed by atoms with Crippen LogP contribution in [0.4, 0.5) is 0 Å². The Morgan fingerprint density at radius 3 is 2.47 bits per heavy atom. The third-order valence-corrected chi connectivity index (χ3v) is 2.34. The van der Waals surface area contributed by atoms with Crippen LogP contribution < -0.4 is 0 Å². The first kappa shape index (κ1) is 13.5. The number of ketones is 1. The molecule has 0 N–H and O–H groups in total. The lowest BCUT2D eigenvalue weighted by molar-refractivity contribution is -0.142. The number of halogens is 1. The first-order chi connectivity index (χ1) is 8.13. The Morgan fingerprint density at radius 1 is 1.24 bits per heavy atom. The zero-order chi connectivity index (χ0) is 12.7. The van der Waals surface area contributed by atoms with Gasteiger partial charge in [-0.05, 0) is 24.3 Å². The van der Waals surface area contributed by atoms with Gasteiger partial charge in [0, 0.05) is 17.0 Å². The van der Waals surface area contributed by atoms with E-state index in [0.717, 1.165) is 0 Å². The van der Waals surface area contributed by atoms with E-state index in [1.54, 1.807) is 24.3 Å². The zero-order valence-corrected chi connectivity index (χ0v) is 10.1. The van der Waals surface area contributed by atoms with E-state index in [1.165, 1.54) is 6.08 Å². The Hall–Kier alpha value is -1.61. The van der Waals surface area contributed by atoms with Gasteiger partial charge in [-0.3, -0.25) is 9.59 Å². The summed E-state index contributed by atoms with van der Waals surface area (Å²) in [5.74, 6) is -0.496. The quantitative estimate of drug-likeness (QED) is 0.444. The van der Waals surface area contributed by atoms with Crippen LogP contribution in [0.1, 0.15) is 23.2 Å². The van der Waals surface area contributed by atoms with Crippen LogP contribution in [-0.4, -0.2) is 18.4 Å². The van der Waals surface area contributed by atoms with E-state index in [4.69, 9.17) is 16.3 Å². The number of Topliss-reactive ketones (excluding diaryl/α,β-unsaturated/α-hetero) is 1. The fraction of sp³-hybridized carbons (Fsp3) is 0.231. The molecular formula is C13H13ClO3. The molecule has 0 bridgehead atoms. The lowest BCUT2D eigenvalue weighted by atomic mass is 10.1. The van der Waals surface area contributed by atoms with Gasteiger partial charge in [-0.15, -0.1) is 0 Å². The fourth-order valence-electron chi connectivity index (χ4n) is 1.22. The molecule has 0 saturated heterocycles. The Morgan fingerprint density at radius 2 is 1.88 bits per heavy atom. The van der Waals surface area contributed by atoms with E-state index < -0.39 is 5.97 Å². The van der Waals surface area contributed by atoms with E-state index in [0.29, 0.717) is 10.6 Å². The van der Waals surface area contributed by atoms with Crippen molar-refractivity contribution in [2.45, 2.75) is 12.8 Å². The SMILES string of the molecule is C=CCOC(=O)CCC(=O)c1ccc(Cl)cc1. The van der Waals surface area contributed by atoms with Gasteiger partial charge in [0.05, 0.1) is 6.42 Å². The van der Waals surface area contributed by atoms with Gasteiger partial charge in [0.2, 0.25) is 0 Å². The van der Waals surface area contributed by atoms with Crippen LogP contribution in [-0.2, 0) is 9.53 Å². The molecular weight excluding hydrogens is 240 g/mol. The summed E-state index contributed by atoms with van der Waals surface area (Å²) in [5, 5.41) is 0.576. The Balaban J connectivity index is 2.42. The summed E-state index contributed by atoms with van der Waals surface area (Å²) >= 11 is 5.71. The zero-order valence-electron chi connectivity index (χ0n) is 9.32. The minimum atomic E-state index is -0.396. The molecule has 0 aliphatic carbocycles. The summed E-state index contributed by atoms with van der Waals surface area (Å²) in [6.07, 6.45) is 1.70. The van der Waals surface area contributed by atoms with Crippen molar-refractivity contribution in [3.8, 4) is 0 Å². The predicted molar refractivity (Wildman–Crippen MR) is 66.2 cm³/mol. The van der Waals surface area contributed by atoms with Gasteiger partial charge in [-0.25, -0.2) is 0 Å². The molecule has 0 fully saturated rings. The number of hydrogen-bond acceptors (Lipinski definition) is 3. The molecule has 0 unspecified atom stereocenters. The normalized spacial score (nSPS) is 9.71. The van der Waals surface area contributed by atoms with Gasteiger partial charge in [-0.2, -0.15) is 0 Å². The van der Waals surface area contributed by atoms with Crippen molar-refractivity contribution in [1.29, 1.82) is 0 Å². The van der Waals surface area contributed by atoms with Crippen molar-refractivity contribution < 1.29 is 14.3 Å². The second kappa shape index (κ2) is 6.86. The maximum absolute atomic E-state index is 11.7. The van der Waals surface area contributed by atoms with Crippen LogP contribution in [0.2, 0.25) is 5.02 Å². The lowest BCUT2D eigenvalue weighted by Crippen LogP contribution is -2.08. The molecule has 17 heavy (non-hydrogen) atoms. The van der Waals surface area contributed by atoms with Crippen LogP contribution in [0.5, 0.6) is 0 Å². The minimum Gasteiger partial charge on any atom is -0.461 e. The largest absolute Gasteiger partial charge is 0.461 e. The van der Waals surface area contributed by atoms with Crippen molar-refractivity contribution >= 4 is 23.4 Å². The van der Waals surface area contributed by atoms with E-state index in [-0.39, 0.29) is 25.2 Å². The smallest absolute Gasteiger partial charge is 0.306 e. The Kier molecular flexibility index (Phi) is 5.43. The molecule has 4 heteroatoms. The fourth-order valence-corrected chi connectivity index (χ4v) is 1.35. The molecule has 0 aliphatic heterocycles. The predicted octanol–water partition coefficient (Wildman–Crippen LogP) is 3.03. The van der Waals surface area contributed by atoms with Crippen LogP contribution in [0.25, 0.3) is 0 Å². The number of esters is 1. The summed E-state index contributed by atoms with van der Waals surface area (Å²) in [4.78, 5) is 22.8. The molecule has 0 atom stereocenters. The van der Waals surface area contributed by atoms with E-state index in [2.05, 4.69) is 6.58 Å². The highest BCUT2D eigenvalue weighted by molar-refractivity contribution is 6.30. The Bertz CT molecular complexity index is 409. The second-order valence-electron chi connectivity index (χ2n) is 3.40. The first-order valence-electron chi connectivity index (χ1n) is 5.19. The molecule has 1 aromatic rings. The van der Waals surface area contributed by atoms with Crippen LogP contribution in [0.15, 0.2) is 36.9 Å².